The molecule has 0 spiro atoms. The van der Waals surface area contributed by atoms with Crippen LogP contribution in [0.15, 0.2) is 162 Å². The number of fused-ring (bicyclic) bond motifs is 14. The zero-order valence-corrected chi connectivity index (χ0v) is 65.2. The molecule has 8 bridgehead atoms. The molecule has 6 radical (unpaired) electrons. The van der Waals surface area contributed by atoms with Crippen molar-refractivity contribution in [2.24, 2.45) is 0 Å². The van der Waals surface area contributed by atoms with Crippen LogP contribution in [0.25, 0.3) is 43.9 Å². The van der Waals surface area contributed by atoms with Crippen molar-refractivity contribution in [3.8, 4) is 23.0 Å². The van der Waals surface area contributed by atoms with Gasteiger partial charge in [-0.25, -0.2) is 0 Å². The van der Waals surface area contributed by atoms with Gasteiger partial charge in [-0.15, -0.1) is 0 Å². The fourth-order valence-corrected chi connectivity index (χ4v) is 13.6. The third kappa shape index (κ3) is 20.0. The number of rotatable bonds is 12. The van der Waals surface area contributed by atoms with Crippen molar-refractivity contribution in [1.29, 1.82) is 0 Å². The number of para-hydroxylation sites is 4. The number of benzene rings is 8. The van der Waals surface area contributed by atoms with Gasteiger partial charge in [0.2, 0.25) is 0 Å². The molecular formula is C82H96Cl2O8P2Pd2+2. The van der Waals surface area contributed by atoms with Crippen LogP contribution in [0.3, 0.4) is 0 Å². The molecule has 1 aliphatic rings. The number of halogens is 2. The van der Waals surface area contributed by atoms with Crippen molar-refractivity contribution in [2.45, 2.75) is 171 Å². The maximum atomic E-state index is 7.53. The molecule has 0 amide bonds. The van der Waals surface area contributed by atoms with Gasteiger partial charge in [-0.1, -0.05) is 232 Å². The van der Waals surface area contributed by atoms with Crippen LogP contribution in [0, 0.1) is 39.5 Å². The number of ether oxygens (including phenoxy) is 2. The van der Waals surface area contributed by atoms with E-state index in [0.29, 0.717) is 61.2 Å². The summed E-state index contributed by atoms with van der Waals surface area (Å²) in [6.45, 7) is 43.7. The predicted molar refractivity (Wildman–Crippen MR) is 399 cm³/mol. The van der Waals surface area contributed by atoms with Gasteiger partial charge in [-0.05, 0) is 143 Å². The fraction of sp³-hybridized carbons (Fsp3) is 0.341. The quantitative estimate of drug-likeness (QED) is 0.112. The van der Waals surface area contributed by atoms with Crippen molar-refractivity contribution < 1.29 is 71.7 Å². The van der Waals surface area contributed by atoms with Crippen LogP contribution in [0.5, 0.6) is 23.0 Å². The average Bonchev–Trinajstić information content (AvgIpc) is 0.988. The summed E-state index contributed by atoms with van der Waals surface area (Å²) in [5.74, 6) is 3.19. The summed E-state index contributed by atoms with van der Waals surface area (Å²) in [6.07, 6.45) is 10.9. The van der Waals surface area contributed by atoms with E-state index in [0.717, 1.165) is 102 Å². The van der Waals surface area contributed by atoms with E-state index in [4.69, 9.17) is 35.3 Å². The van der Waals surface area contributed by atoms with Gasteiger partial charge < -0.3 is 35.3 Å². The van der Waals surface area contributed by atoms with E-state index in [-0.39, 0.29) is 21.7 Å². The van der Waals surface area contributed by atoms with E-state index < -0.39 is 16.5 Å². The number of unbranched alkanes of at least 4 members (excludes halogenated alkanes) is 2. The van der Waals surface area contributed by atoms with Crippen molar-refractivity contribution in [1.82, 2.24) is 0 Å². The Balaban J connectivity index is 0.00000101. The van der Waals surface area contributed by atoms with E-state index >= 15 is 0 Å². The summed E-state index contributed by atoms with van der Waals surface area (Å²) < 4.78 is 57.2. The van der Waals surface area contributed by atoms with E-state index in [9.17, 15) is 0 Å². The first-order valence-corrected chi connectivity index (χ1v) is 39.0. The van der Waals surface area contributed by atoms with E-state index in [1.807, 2.05) is 99.5 Å². The molecule has 14 heteroatoms. The van der Waals surface area contributed by atoms with Crippen LogP contribution in [-0.4, -0.2) is 13.2 Å². The average molecular weight is 1560 g/mol. The molecule has 0 saturated heterocycles. The molecule has 514 valence electrons. The summed E-state index contributed by atoms with van der Waals surface area (Å²) in [6, 6.07) is 51.5. The molecule has 0 saturated carbocycles. The second kappa shape index (κ2) is 35.6. The molecule has 0 aliphatic heterocycles. The minimum absolute atomic E-state index is 0.233. The first-order valence-electron chi connectivity index (χ1n) is 32.9. The molecule has 1 aliphatic carbocycles. The molecule has 8 aromatic carbocycles. The third-order valence-corrected chi connectivity index (χ3v) is 18.5. The monoisotopic (exact) mass is 1550 g/mol. The first-order chi connectivity index (χ1) is 45.8. The van der Waals surface area contributed by atoms with Crippen LogP contribution in [0.2, 0.25) is 0 Å². The number of hydrogen-bond acceptors (Lipinski definition) is 8. The summed E-state index contributed by atoms with van der Waals surface area (Å²) in [7, 11) is 4.89. The number of hydrogen-bond donors (Lipinski definition) is 0. The summed E-state index contributed by atoms with van der Waals surface area (Å²) in [5, 5.41) is 3.83. The maximum absolute atomic E-state index is 7.53. The molecule has 2 heterocycles. The standard InChI is InChI=1S/C74H82O8P2.2C4H7.2ClH.2Pd/c1-15-33-75-67-47-35-51-43-57(73(9,10)11)45-53(69(51)81-83-77-63-29-21-17-25-59(63)60-26-18-22-30-64(60)78-83)37-49-41-56(72(6,7)8)42-50(68(49)76-34-16-2)38-54-46-58(74(12,13)14)44-52(36-48(67)40-55(39-47)71(3,4)5)70(54)82-84-79-65-31-23-19-27-61(65)62-28-20-24-32-66(62)80-84;2*1-3-4-2;;;;/h17-32,39-46H,15-16,33-38H2,1-14H3;2*3-4H,1H2,2H3;2*1H;;/q;;;;;2*+2/p-2. The van der Waals surface area contributed by atoms with Crippen molar-refractivity contribution in [3.63, 3.8) is 0 Å². The summed E-state index contributed by atoms with van der Waals surface area (Å²) >= 11 is 4.44. The molecule has 8 nitrogen and oxygen atoms in total. The van der Waals surface area contributed by atoms with Gasteiger partial charge in [0, 0.05) is 69.5 Å². The fourth-order valence-electron chi connectivity index (χ4n) is 11.3. The zero-order chi connectivity index (χ0) is 70.1. The first kappa shape index (κ1) is 78.0. The minimum atomic E-state index is -2.04. The Hall–Kier alpha value is -5.34. The van der Waals surface area contributed by atoms with E-state index in [1.54, 1.807) is 12.8 Å². The van der Waals surface area contributed by atoms with Crippen molar-refractivity contribution >= 4 is 79.4 Å². The van der Waals surface area contributed by atoms with Gasteiger partial charge in [0.15, 0.2) is 0 Å². The van der Waals surface area contributed by atoms with Crippen LogP contribution in [0.4, 0.5) is 0 Å². The summed E-state index contributed by atoms with van der Waals surface area (Å²) in [5.41, 5.74) is 15.0. The molecule has 96 heavy (non-hydrogen) atoms. The molecule has 0 fully saturated rings. The molecule has 0 atom stereocenters. The van der Waals surface area contributed by atoms with Gasteiger partial charge in [0.25, 0.3) is 0 Å². The molecule has 11 rings (SSSR count). The third-order valence-electron chi connectivity index (χ3n) is 16.5. The predicted octanol–water partition coefficient (Wildman–Crippen LogP) is 25.9. The van der Waals surface area contributed by atoms with Crippen LogP contribution in [0.1, 0.15) is 190 Å². The second-order valence-corrected chi connectivity index (χ2v) is 30.0. The Morgan fingerprint density at radius 1 is 0.375 bits per heavy atom. The Morgan fingerprint density at radius 2 is 0.573 bits per heavy atom. The second-order valence-electron chi connectivity index (χ2n) is 28.0. The summed E-state index contributed by atoms with van der Waals surface area (Å²) in [4.78, 5) is 0. The van der Waals surface area contributed by atoms with Gasteiger partial charge in [-0.2, -0.15) is 0 Å². The van der Waals surface area contributed by atoms with Crippen molar-refractivity contribution in [2.75, 3.05) is 13.2 Å². The van der Waals surface area contributed by atoms with Gasteiger partial charge in [-0.3, -0.25) is 0 Å². The molecule has 2 aromatic heterocycles. The Morgan fingerprint density at radius 3 is 0.760 bits per heavy atom. The SMILES string of the molecule is CCCOc1c2cc(C(C)(C)C)cc1Cc1cc(C(C)(C)C)cc(c1Op1oc3ccccc3c3ccccc3o1)Cc1cc(C(C)(C)C)cc(c1OCCC)Cc1cc(C(C)(C)C)cc(c1Op1oc3ccccc3c3ccccc3o1)C2.[CH2][CH][CH]C.[CH2][CH][CH]C.[Cl][Pd+].[Cl][Pd+]. The van der Waals surface area contributed by atoms with Gasteiger partial charge in [0.05, 0.1) is 13.2 Å². The van der Waals surface area contributed by atoms with Crippen LogP contribution < -0.4 is 18.5 Å². The van der Waals surface area contributed by atoms with Crippen LogP contribution in [-0.2, 0) is 83.7 Å². The molecular weight excluding hydrogens is 1460 g/mol. The van der Waals surface area contributed by atoms with Gasteiger partial charge >= 0.3 is 71.9 Å². The molecule has 0 unspecified atom stereocenters. The Labute approximate surface area is 605 Å². The zero-order valence-electron chi connectivity index (χ0n) is 58.8. The Kier molecular flexibility index (Phi) is 28.9. The topological polar surface area (TPSA) is 89.5 Å². The van der Waals surface area contributed by atoms with Crippen molar-refractivity contribution in [3.05, 3.63) is 252 Å². The van der Waals surface area contributed by atoms with E-state index in [2.05, 4.69) is 239 Å². The Bertz CT molecular complexity index is 3790. The molecule has 0 N–H and O–H groups in total. The molecule has 10 aromatic rings. The van der Waals surface area contributed by atoms with Crippen LogP contribution >= 0.6 is 35.5 Å². The van der Waals surface area contributed by atoms with Gasteiger partial charge in [0.1, 0.15) is 45.3 Å². The normalized spacial score (nSPS) is 12.2. The van der Waals surface area contributed by atoms with E-state index in [1.165, 1.54) is 22.3 Å².